The molecule has 1 fully saturated rings. The van der Waals surface area contributed by atoms with E-state index in [0.29, 0.717) is 13.0 Å². The molecule has 0 aromatic carbocycles. The van der Waals surface area contributed by atoms with Gasteiger partial charge in [0.25, 0.3) is 0 Å². The van der Waals surface area contributed by atoms with E-state index in [1.165, 1.54) is 5.57 Å². The lowest BCUT2D eigenvalue weighted by Crippen LogP contribution is -2.52. The zero-order chi connectivity index (χ0) is 14.8. The molecular weight excluding hydrogens is 240 g/mol. The van der Waals surface area contributed by atoms with Crippen molar-refractivity contribution in [3.63, 3.8) is 0 Å². The number of hydrogen-bond acceptors (Lipinski definition) is 2. The molecule has 2 atom stereocenters. The maximum atomic E-state index is 12.6. The van der Waals surface area contributed by atoms with Crippen LogP contribution in [0.2, 0.25) is 0 Å². The van der Waals surface area contributed by atoms with Crippen LogP contribution in [-0.2, 0) is 9.59 Å². The largest absolute Gasteiger partial charge is 0.344 e. The second-order valence-electron chi connectivity index (χ2n) is 6.69. The molecule has 4 nitrogen and oxygen atoms in total. The average molecular weight is 266 g/mol. The van der Waals surface area contributed by atoms with Crippen LogP contribution in [0.25, 0.3) is 0 Å². The molecule has 2 amide bonds. The molecule has 0 radical (unpaired) electrons. The third-order valence-electron chi connectivity index (χ3n) is 3.41. The van der Waals surface area contributed by atoms with E-state index in [0.717, 1.165) is 0 Å². The van der Waals surface area contributed by atoms with Gasteiger partial charge in [0.1, 0.15) is 6.04 Å². The van der Waals surface area contributed by atoms with E-state index in [4.69, 9.17) is 0 Å². The molecule has 0 aromatic heterocycles. The minimum absolute atomic E-state index is 0.0170. The molecule has 19 heavy (non-hydrogen) atoms. The second kappa shape index (κ2) is 5.76. The van der Waals surface area contributed by atoms with Crippen molar-refractivity contribution in [2.24, 2.45) is 5.41 Å². The Morgan fingerprint density at radius 3 is 2.42 bits per heavy atom. The van der Waals surface area contributed by atoms with Crippen LogP contribution < -0.4 is 5.32 Å². The number of carbonyl (C=O) groups is 2. The zero-order valence-electron chi connectivity index (χ0n) is 12.9. The number of nitrogens with zero attached hydrogens (tertiary/aromatic N) is 1. The normalized spacial score (nSPS) is 24.8. The summed E-state index contributed by atoms with van der Waals surface area (Å²) < 4.78 is 0. The SMILES string of the molecule is CC(C)=CCN1C(=O)C(C(C)(C)C)NC(=O)CC1C. The maximum absolute atomic E-state index is 12.6. The van der Waals surface area contributed by atoms with Crippen LogP contribution in [0, 0.1) is 5.41 Å². The van der Waals surface area contributed by atoms with Gasteiger partial charge >= 0.3 is 0 Å². The predicted octanol–water partition coefficient (Wildman–Crippen LogP) is 2.10. The van der Waals surface area contributed by atoms with Crippen molar-refractivity contribution in [3.8, 4) is 0 Å². The Labute approximate surface area is 116 Å². The van der Waals surface area contributed by atoms with Gasteiger partial charge in [0, 0.05) is 19.0 Å². The molecule has 0 aromatic rings. The van der Waals surface area contributed by atoms with Crippen molar-refractivity contribution >= 4 is 11.8 Å². The molecule has 4 heteroatoms. The minimum Gasteiger partial charge on any atom is -0.344 e. The van der Waals surface area contributed by atoms with Gasteiger partial charge in [-0.3, -0.25) is 9.59 Å². The molecule has 0 spiro atoms. The summed E-state index contributed by atoms with van der Waals surface area (Å²) in [6, 6.07) is -0.508. The van der Waals surface area contributed by atoms with Crippen molar-refractivity contribution < 1.29 is 9.59 Å². The smallest absolute Gasteiger partial charge is 0.246 e. The lowest BCUT2D eigenvalue weighted by atomic mass is 9.86. The van der Waals surface area contributed by atoms with Crippen molar-refractivity contribution in [1.82, 2.24) is 10.2 Å². The average Bonchev–Trinajstić information content (AvgIpc) is 2.33. The van der Waals surface area contributed by atoms with E-state index in [-0.39, 0.29) is 23.3 Å². The van der Waals surface area contributed by atoms with E-state index in [1.807, 2.05) is 47.6 Å². The monoisotopic (exact) mass is 266 g/mol. The Hall–Kier alpha value is -1.32. The first-order valence-corrected chi connectivity index (χ1v) is 6.86. The van der Waals surface area contributed by atoms with Crippen LogP contribution in [0.4, 0.5) is 0 Å². The summed E-state index contributed by atoms with van der Waals surface area (Å²) in [5, 5.41) is 2.87. The Morgan fingerprint density at radius 1 is 1.37 bits per heavy atom. The van der Waals surface area contributed by atoms with Crippen LogP contribution >= 0.6 is 0 Å². The van der Waals surface area contributed by atoms with Gasteiger partial charge in [-0.1, -0.05) is 32.4 Å². The Morgan fingerprint density at radius 2 is 1.95 bits per heavy atom. The molecule has 108 valence electrons. The van der Waals surface area contributed by atoms with Gasteiger partial charge in [0.15, 0.2) is 0 Å². The molecule has 2 unspecified atom stereocenters. The highest BCUT2D eigenvalue weighted by Crippen LogP contribution is 2.24. The van der Waals surface area contributed by atoms with Crippen molar-refractivity contribution in [3.05, 3.63) is 11.6 Å². The maximum Gasteiger partial charge on any atom is 0.246 e. The third kappa shape index (κ3) is 4.08. The molecule has 0 aliphatic carbocycles. The van der Waals surface area contributed by atoms with Gasteiger partial charge in [0.05, 0.1) is 0 Å². The Bertz CT molecular complexity index is 389. The lowest BCUT2D eigenvalue weighted by molar-refractivity contribution is -0.137. The second-order valence-corrected chi connectivity index (χ2v) is 6.69. The zero-order valence-corrected chi connectivity index (χ0v) is 12.9. The van der Waals surface area contributed by atoms with Crippen LogP contribution in [0.15, 0.2) is 11.6 Å². The standard InChI is InChI=1S/C15H26N2O2/c1-10(2)7-8-17-11(3)9-12(18)16-13(14(17)19)15(4,5)6/h7,11,13H,8-9H2,1-6H3,(H,16,18). The van der Waals surface area contributed by atoms with Gasteiger partial charge in [-0.2, -0.15) is 0 Å². The van der Waals surface area contributed by atoms with Crippen molar-refractivity contribution in [1.29, 1.82) is 0 Å². The van der Waals surface area contributed by atoms with Gasteiger partial charge in [-0.25, -0.2) is 0 Å². The summed E-state index contributed by atoms with van der Waals surface area (Å²) in [5.41, 5.74) is 0.899. The summed E-state index contributed by atoms with van der Waals surface area (Å²) in [5.74, 6) is -0.0242. The molecule has 1 heterocycles. The number of amides is 2. The molecular formula is C15H26N2O2. The predicted molar refractivity (Wildman–Crippen MR) is 76.6 cm³/mol. The summed E-state index contributed by atoms with van der Waals surface area (Å²) in [6.07, 6.45) is 2.40. The lowest BCUT2D eigenvalue weighted by Gasteiger charge is -2.33. The van der Waals surface area contributed by atoms with E-state index in [1.54, 1.807) is 4.90 Å². The highest BCUT2D eigenvalue weighted by atomic mass is 16.2. The van der Waals surface area contributed by atoms with Crippen LogP contribution in [0.5, 0.6) is 0 Å². The highest BCUT2D eigenvalue weighted by molar-refractivity contribution is 5.91. The Kier molecular flexibility index (Phi) is 4.77. The molecule has 1 rings (SSSR count). The minimum atomic E-state index is -0.449. The van der Waals surface area contributed by atoms with E-state index >= 15 is 0 Å². The number of nitrogens with one attached hydrogen (secondary N) is 1. The molecule has 0 saturated carbocycles. The van der Waals surface area contributed by atoms with Gasteiger partial charge in [-0.15, -0.1) is 0 Å². The summed E-state index contributed by atoms with van der Waals surface area (Å²) in [6.45, 7) is 12.5. The first-order chi connectivity index (χ1) is 8.62. The summed E-state index contributed by atoms with van der Waals surface area (Å²) in [4.78, 5) is 26.3. The molecule has 1 aliphatic rings. The number of rotatable bonds is 2. The number of carbonyl (C=O) groups excluding carboxylic acids is 2. The van der Waals surface area contributed by atoms with E-state index in [2.05, 4.69) is 5.32 Å². The first-order valence-electron chi connectivity index (χ1n) is 6.86. The highest BCUT2D eigenvalue weighted by Gasteiger charge is 2.39. The van der Waals surface area contributed by atoms with E-state index in [9.17, 15) is 9.59 Å². The van der Waals surface area contributed by atoms with Gasteiger partial charge < -0.3 is 10.2 Å². The van der Waals surface area contributed by atoms with Crippen molar-refractivity contribution in [2.45, 2.75) is 60.0 Å². The molecule has 1 aliphatic heterocycles. The van der Waals surface area contributed by atoms with Crippen LogP contribution in [0.1, 0.15) is 48.0 Å². The Balaban J connectivity index is 3.03. The first kappa shape index (κ1) is 15.7. The van der Waals surface area contributed by atoms with Gasteiger partial charge in [-0.05, 0) is 26.2 Å². The fourth-order valence-corrected chi connectivity index (χ4v) is 2.18. The van der Waals surface area contributed by atoms with Crippen molar-refractivity contribution in [2.75, 3.05) is 6.54 Å². The fraction of sp³-hybridized carbons (Fsp3) is 0.733. The van der Waals surface area contributed by atoms with Crippen LogP contribution in [0.3, 0.4) is 0 Å². The number of allylic oxidation sites excluding steroid dienone is 1. The fourth-order valence-electron chi connectivity index (χ4n) is 2.18. The van der Waals surface area contributed by atoms with Gasteiger partial charge in [0.2, 0.25) is 11.8 Å². The molecule has 1 saturated heterocycles. The molecule has 0 bridgehead atoms. The summed E-state index contributed by atoms with van der Waals surface area (Å²) >= 11 is 0. The topological polar surface area (TPSA) is 49.4 Å². The quantitative estimate of drug-likeness (QED) is 0.778. The van der Waals surface area contributed by atoms with E-state index < -0.39 is 6.04 Å². The third-order valence-corrected chi connectivity index (χ3v) is 3.41. The van der Waals surface area contributed by atoms with Crippen LogP contribution in [-0.4, -0.2) is 35.3 Å². The summed E-state index contributed by atoms with van der Waals surface area (Å²) in [7, 11) is 0. The number of hydrogen-bond donors (Lipinski definition) is 1. The molecule has 1 N–H and O–H groups in total.